The molecule has 10 heteroatoms. The van der Waals surface area contributed by atoms with Crippen LogP contribution in [0.3, 0.4) is 0 Å². The van der Waals surface area contributed by atoms with E-state index in [4.69, 9.17) is 13.8 Å². The van der Waals surface area contributed by atoms with Crippen molar-refractivity contribution in [3.8, 4) is 17.4 Å². The maximum Gasteiger partial charge on any atom is 0.215 e. The van der Waals surface area contributed by atoms with Crippen LogP contribution in [0.15, 0.2) is 201 Å². The van der Waals surface area contributed by atoms with E-state index in [1.807, 2.05) is 77.9 Å². The van der Waals surface area contributed by atoms with E-state index in [9.17, 15) is 0 Å². The van der Waals surface area contributed by atoms with Crippen LogP contribution in [0.2, 0.25) is 0 Å². The summed E-state index contributed by atoms with van der Waals surface area (Å²) in [6.45, 7) is 18.1. The minimum absolute atomic E-state index is 0.120. The molecule has 0 aliphatic carbocycles. The summed E-state index contributed by atoms with van der Waals surface area (Å²) in [5, 5.41) is 8.51. The van der Waals surface area contributed by atoms with Crippen molar-refractivity contribution in [3.05, 3.63) is 228 Å². The Morgan fingerprint density at radius 1 is 0.532 bits per heavy atom. The molecule has 8 aromatic rings. The molecule has 0 saturated carbocycles. The van der Waals surface area contributed by atoms with E-state index in [1.165, 1.54) is 15.7 Å². The lowest BCUT2D eigenvalue weighted by molar-refractivity contribution is 0.479. The fourth-order valence-corrected chi connectivity index (χ4v) is 10.4. The number of rotatable bonds is 7. The summed E-state index contributed by atoms with van der Waals surface area (Å²) in [6, 6.07) is 40.1. The number of nitrogens with one attached hydrogen (secondary N) is 2. The largest absolute Gasteiger partial charge is 0.457 e. The zero-order valence-corrected chi connectivity index (χ0v) is 45.6. The molecule has 5 heterocycles. The molecular formula is C67H67B2N7O. The molecule has 3 aliphatic rings. The van der Waals surface area contributed by atoms with Crippen molar-refractivity contribution >= 4 is 81.1 Å². The minimum atomic E-state index is -2.51. The van der Waals surface area contributed by atoms with E-state index >= 15 is 0 Å². The van der Waals surface area contributed by atoms with Gasteiger partial charge in [0, 0.05) is 64.5 Å². The third kappa shape index (κ3) is 10.1. The molecule has 0 amide bonds. The summed E-state index contributed by atoms with van der Waals surface area (Å²) in [5.74, 6) is 5.81. The molecule has 6 aromatic carbocycles. The van der Waals surface area contributed by atoms with Gasteiger partial charge in [-0.2, -0.15) is 0 Å². The highest BCUT2D eigenvalue weighted by Gasteiger charge is 2.34. The van der Waals surface area contributed by atoms with Crippen molar-refractivity contribution in [2.24, 2.45) is 6.98 Å². The predicted octanol–water partition coefficient (Wildman–Crippen LogP) is 16.0. The summed E-state index contributed by atoms with van der Waals surface area (Å²) in [5.41, 5.74) is 14.3. The topological polar surface area (TPSA) is 62.5 Å². The predicted molar refractivity (Wildman–Crippen MR) is 328 cm³/mol. The van der Waals surface area contributed by atoms with Crippen LogP contribution in [0, 0.1) is 0 Å². The molecule has 0 unspecified atom stereocenters. The van der Waals surface area contributed by atoms with Gasteiger partial charge in [0.2, 0.25) is 5.95 Å². The molecule has 2 N–H and O–H groups in total. The molecule has 3 aliphatic heterocycles. The van der Waals surface area contributed by atoms with E-state index in [0.29, 0.717) is 35.1 Å². The number of hydrogen-bond acceptors (Lipinski definition) is 6. The highest BCUT2D eigenvalue weighted by Crippen LogP contribution is 2.50. The second-order valence-corrected chi connectivity index (χ2v) is 23.1. The Hall–Kier alpha value is -8.36. The SMILES string of the molecule is [2H]C([2H])([2H])n1c(-n2c3ccc(C(C)(C)C)cc3c3ccc(Oc4cc(N5CN(c6c(/C7=C/C=C\N/C=C\C=C/[B]7)cc(C(C)(C)C)cc6/C6=C/C=C\N/C=C\C=C/[B]6)c6ccccc65)cc(C(C)(C)C)c4)cc32)nc2ccccc21. The molecular weight excluding hydrogens is 940 g/mol. The number of benzene rings is 6. The summed E-state index contributed by atoms with van der Waals surface area (Å²) < 4.78 is 36.9. The number of ether oxygens (including phenoxy) is 1. The Balaban J connectivity index is 1.07. The molecule has 0 saturated heterocycles. The van der Waals surface area contributed by atoms with E-state index < -0.39 is 6.98 Å². The number of aromatic nitrogens is 3. The number of aryl methyl sites for hydroxylation is 1. The van der Waals surface area contributed by atoms with Crippen molar-refractivity contribution in [1.29, 1.82) is 0 Å². The van der Waals surface area contributed by atoms with Crippen LogP contribution in [0.25, 0.3) is 49.7 Å². The van der Waals surface area contributed by atoms with Gasteiger partial charge in [-0.15, -0.1) is 12.0 Å². The summed E-state index contributed by atoms with van der Waals surface area (Å²) in [4.78, 5) is 9.91. The number of anilines is 4. The molecule has 382 valence electrons. The number of allylic oxidation sites excluding steroid dienone is 8. The second-order valence-electron chi connectivity index (χ2n) is 23.1. The van der Waals surface area contributed by atoms with Crippen LogP contribution in [-0.4, -0.2) is 35.3 Å². The lowest BCUT2D eigenvalue weighted by atomic mass is 9.62. The van der Waals surface area contributed by atoms with Gasteiger partial charge >= 0.3 is 0 Å². The second kappa shape index (κ2) is 20.3. The van der Waals surface area contributed by atoms with E-state index in [2.05, 4.69) is 225 Å². The van der Waals surface area contributed by atoms with Gasteiger partial charge in [-0.25, -0.2) is 4.98 Å². The van der Waals surface area contributed by atoms with Crippen LogP contribution in [-0.2, 0) is 23.2 Å². The van der Waals surface area contributed by atoms with Gasteiger partial charge in [-0.1, -0.05) is 128 Å². The van der Waals surface area contributed by atoms with Crippen LogP contribution in [0.5, 0.6) is 11.5 Å². The molecule has 77 heavy (non-hydrogen) atoms. The monoisotopic (exact) mass is 1010 g/mol. The standard InChI is InChI=1S/C67H67B2N7O/c1-65(2,3)45-27-30-58-52(39-45)51-29-28-49(43-62(51)76(58)64-72-57-23-11-12-24-59(57)73(64)10)77-50-38-46(66(4,5)6)37-48(42-50)74-44-75(61-26-14-13-25-60(61)74)63-53(55-21-19-35-70-33-17-15-31-68-55)40-47(67(7,8)9)41-54(63)56-22-20-36-71-34-18-16-32-69-56/h11-43,70-71H,44H2,1-10H3/b31-15-,32-16-,33-17-,34-18-,35-19-,36-20-,55-21-,56-22-/i10D3. The number of para-hydroxylation sites is 4. The van der Waals surface area contributed by atoms with Gasteiger partial charge < -0.3 is 29.7 Å². The van der Waals surface area contributed by atoms with Crippen molar-refractivity contribution in [1.82, 2.24) is 24.8 Å². The van der Waals surface area contributed by atoms with Crippen LogP contribution in [0.4, 0.5) is 22.7 Å². The first-order valence-electron chi connectivity index (χ1n) is 28.1. The summed E-state index contributed by atoms with van der Waals surface area (Å²) in [7, 11) is 4.41. The Labute approximate surface area is 460 Å². The van der Waals surface area contributed by atoms with E-state index in [1.54, 1.807) is 0 Å². The minimum Gasteiger partial charge on any atom is -0.457 e. The number of hydrogen-bond donors (Lipinski definition) is 2. The van der Waals surface area contributed by atoms with Gasteiger partial charge in [0.25, 0.3) is 0 Å². The average molecular weight is 1010 g/mol. The number of imidazole rings is 1. The smallest absolute Gasteiger partial charge is 0.215 e. The normalized spacial score (nSPS) is 19.6. The molecule has 0 atom stereocenters. The lowest BCUT2D eigenvalue weighted by Gasteiger charge is -2.31. The first-order chi connectivity index (χ1) is 38.2. The molecule has 2 aromatic heterocycles. The Kier molecular flexibility index (Phi) is 12.4. The van der Waals surface area contributed by atoms with Gasteiger partial charge in [0.05, 0.1) is 39.1 Å². The highest BCUT2D eigenvalue weighted by molar-refractivity contribution is 6.67. The van der Waals surface area contributed by atoms with Gasteiger partial charge in [-0.05, 0) is 141 Å². The van der Waals surface area contributed by atoms with Gasteiger partial charge in [0.1, 0.15) is 18.2 Å². The van der Waals surface area contributed by atoms with Crippen molar-refractivity contribution in [2.45, 2.75) is 78.6 Å². The van der Waals surface area contributed by atoms with Crippen molar-refractivity contribution in [3.63, 3.8) is 0 Å². The first kappa shape index (κ1) is 47.1. The first-order valence-corrected chi connectivity index (χ1v) is 26.6. The zero-order valence-electron chi connectivity index (χ0n) is 48.6. The van der Waals surface area contributed by atoms with Crippen LogP contribution >= 0.6 is 0 Å². The quantitative estimate of drug-likeness (QED) is 0.155. The fraction of sp³-hybridized carbons (Fsp3) is 0.209. The summed E-state index contributed by atoms with van der Waals surface area (Å²) in [6.07, 6.45) is 24.4. The van der Waals surface area contributed by atoms with Gasteiger partial charge in [0.15, 0.2) is 14.6 Å². The maximum absolute atomic E-state index is 8.80. The molecule has 0 spiro atoms. The Morgan fingerprint density at radius 2 is 1.14 bits per heavy atom. The lowest BCUT2D eigenvalue weighted by Crippen LogP contribution is -2.27. The van der Waals surface area contributed by atoms with Crippen molar-refractivity contribution in [2.75, 3.05) is 16.5 Å². The molecule has 8 nitrogen and oxygen atoms in total. The Bertz CT molecular complexity index is 3900. The zero-order chi connectivity index (χ0) is 56.1. The third-order valence-corrected chi connectivity index (χ3v) is 14.6. The summed E-state index contributed by atoms with van der Waals surface area (Å²) >= 11 is 0. The van der Waals surface area contributed by atoms with Crippen LogP contribution in [0.1, 0.15) is 94.2 Å². The van der Waals surface area contributed by atoms with Crippen molar-refractivity contribution < 1.29 is 8.85 Å². The molecule has 0 bridgehead atoms. The van der Waals surface area contributed by atoms with E-state index in [-0.39, 0.29) is 16.2 Å². The maximum atomic E-state index is 8.80. The van der Waals surface area contributed by atoms with Gasteiger partial charge in [-0.3, -0.25) is 4.57 Å². The fourth-order valence-electron chi connectivity index (χ4n) is 10.4. The number of fused-ring (bicyclic) bond motifs is 5. The molecule has 0 fully saturated rings. The molecule has 2 radical (unpaired) electrons. The van der Waals surface area contributed by atoms with Crippen LogP contribution < -0.4 is 25.2 Å². The highest BCUT2D eigenvalue weighted by atomic mass is 16.5. The Morgan fingerprint density at radius 3 is 1.79 bits per heavy atom. The van der Waals surface area contributed by atoms with E-state index in [0.717, 1.165) is 72.2 Å². The average Bonchev–Trinajstić information content (AvgIpc) is 4.27. The molecule has 11 rings (SSSR count). The third-order valence-electron chi connectivity index (χ3n) is 14.6. The number of nitrogens with zero attached hydrogens (tertiary/aromatic N) is 5.